The van der Waals surface area contributed by atoms with E-state index in [4.69, 9.17) is 5.26 Å². The highest BCUT2D eigenvalue weighted by Crippen LogP contribution is 2.21. The second-order valence-electron chi connectivity index (χ2n) is 3.89. The molecule has 16 heavy (non-hydrogen) atoms. The number of aromatic nitrogens is 1. The van der Waals surface area contributed by atoms with E-state index in [-0.39, 0.29) is 0 Å². The van der Waals surface area contributed by atoms with Crippen molar-refractivity contribution < 1.29 is 0 Å². The van der Waals surface area contributed by atoms with Gasteiger partial charge in [-0.1, -0.05) is 0 Å². The highest BCUT2D eigenvalue weighted by Gasteiger charge is 2.24. The van der Waals surface area contributed by atoms with Crippen LogP contribution in [0.4, 0.5) is 5.82 Å². The van der Waals surface area contributed by atoms with Gasteiger partial charge in [0.25, 0.3) is 0 Å². The summed E-state index contributed by atoms with van der Waals surface area (Å²) in [4.78, 5) is 10.7. The lowest BCUT2D eigenvalue weighted by atomic mass is 10.1. The van der Waals surface area contributed by atoms with Crippen molar-refractivity contribution in [3.63, 3.8) is 0 Å². The zero-order chi connectivity index (χ0) is 11.5. The van der Waals surface area contributed by atoms with Gasteiger partial charge >= 0.3 is 0 Å². The molecule has 0 atom stereocenters. The Bertz CT molecular complexity index is 462. The summed E-state index contributed by atoms with van der Waals surface area (Å²) in [6.07, 6.45) is 1.80. The van der Waals surface area contributed by atoms with Gasteiger partial charge in [0, 0.05) is 12.7 Å². The van der Waals surface area contributed by atoms with Crippen molar-refractivity contribution >= 4 is 11.5 Å². The Morgan fingerprint density at radius 3 is 2.94 bits per heavy atom. The second kappa shape index (κ2) is 4.31. The van der Waals surface area contributed by atoms with Gasteiger partial charge in [-0.3, -0.25) is 4.99 Å². The van der Waals surface area contributed by atoms with Crippen LogP contribution in [0.5, 0.6) is 0 Å². The fourth-order valence-electron chi connectivity index (χ4n) is 1.76. The molecule has 82 valence electrons. The van der Waals surface area contributed by atoms with Crippen LogP contribution in [0.25, 0.3) is 0 Å². The van der Waals surface area contributed by atoms with Crippen LogP contribution in [0.15, 0.2) is 17.3 Å². The van der Waals surface area contributed by atoms with Crippen molar-refractivity contribution in [2.45, 2.75) is 13.8 Å². The molecule has 4 nitrogen and oxygen atoms in total. The van der Waals surface area contributed by atoms with Crippen LogP contribution in [-0.4, -0.2) is 30.3 Å². The van der Waals surface area contributed by atoms with Gasteiger partial charge in [0.2, 0.25) is 0 Å². The average molecular weight is 214 g/mol. The maximum absolute atomic E-state index is 9.03. The molecule has 1 aliphatic heterocycles. The van der Waals surface area contributed by atoms with Crippen LogP contribution in [0, 0.1) is 18.3 Å². The largest absolute Gasteiger partial charge is 0.344 e. The number of pyridine rings is 1. The molecule has 4 heteroatoms. The van der Waals surface area contributed by atoms with Gasteiger partial charge in [-0.25, -0.2) is 4.98 Å². The minimum atomic E-state index is 0.649. The van der Waals surface area contributed by atoms with E-state index in [0.29, 0.717) is 5.56 Å². The Morgan fingerprint density at radius 1 is 1.56 bits per heavy atom. The Labute approximate surface area is 95.2 Å². The monoisotopic (exact) mass is 214 g/mol. The second-order valence-corrected chi connectivity index (χ2v) is 3.89. The summed E-state index contributed by atoms with van der Waals surface area (Å²) in [6.45, 7) is 6.41. The van der Waals surface area contributed by atoms with E-state index >= 15 is 0 Å². The Hall–Kier alpha value is -1.89. The van der Waals surface area contributed by atoms with E-state index < -0.39 is 0 Å². The molecule has 0 spiro atoms. The van der Waals surface area contributed by atoms with E-state index in [9.17, 15) is 0 Å². The SMILES string of the molecule is CCN=C1CN(c2ncc(C)cc2C#N)C1. The zero-order valence-electron chi connectivity index (χ0n) is 9.56. The van der Waals surface area contributed by atoms with Crippen molar-refractivity contribution in [3.8, 4) is 6.07 Å². The molecule has 1 fully saturated rings. The molecule has 1 aliphatic rings. The molecule has 0 amide bonds. The smallest absolute Gasteiger partial charge is 0.147 e. The third-order valence-electron chi connectivity index (χ3n) is 2.55. The predicted octanol–water partition coefficient (Wildman–Crippen LogP) is 1.54. The number of hydrogen-bond donors (Lipinski definition) is 0. The van der Waals surface area contributed by atoms with Crippen LogP contribution < -0.4 is 4.90 Å². The lowest BCUT2D eigenvalue weighted by molar-refractivity contribution is 0.858. The number of hydrogen-bond acceptors (Lipinski definition) is 4. The average Bonchev–Trinajstić information content (AvgIpc) is 2.23. The number of anilines is 1. The van der Waals surface area contributed by atoms with Crippen molar-refractivity contribution in [2.75, 3.05) is 24.5 Å². The molecule has 0 saturated carbocycles. The van der Waals surface area contributed by atoms with E-state index in [0.717, 1.165) is 31.0 Å². The zero-order valence-corrected chi connectivity index (χ0v) is 9.56. The lowest BCUT2D eigenvalue weighted by Crippen LogP contribution is -2.48. The lowest BCUT2D eigenvalue weighted by Gasteiger charge is -2.34. The number of nitrogens with zero attached hydrogens (tertiary/aromatic N) is 4. The summed E-state index contributed by atoms with van der Waals surface area (Å²) in [7, 11) is 0. The van der Waals surface area contributed by atoms with Gasteiger partial charge < -0.3 is 4.90 Å². The normalized spacial score (nSPS) is 14.3. The quantitative estimate of drug-likeness (QED) is 0.750. The van der Waals surface area contributed by atoms with Gasteiger partial charge in [-0.15, -0.1) is 0 Å². The summed E-state index contributed by atoms with van der Waals surface area (Å²) >= 11 is 0. The highest BCUT2D eigenvalue weighted by atomic mass is 15.2. The standard InChI is InChI=1S/C12H14N4/c1-3-14-11-7-16(8-11)12-10(5-13)4-9(2)6-15-12/h4,6H,3,7-8H2,1-2H3. The van der Waals surface area contributed by atoms with Gasteiger partial charge in [0.05, 0.1) is 24.4 Å². The van der Waals surface area contributed by atoms with Gasteiger partial charge in [0.15, 0.2) is 0 Å². The first kappa shape index (κ1) is 10.6. The van der Waals surface area contributed by atoms with E-state index in [1.54, 1.807) is 6.20 Å². The molecule has 0 bridgehead atoms. The van der Waals surface area contributed by atoms with Gasteiger partial charge in [-0.2, -0.15) is 5.26 Å². The molecule has 2 heterocycles. The Morgan fingerprint density at radius 2 is 2.31 bits per heavy atom. The number of aliphatic imine (C=N–C) groups is 1. The molecule has 1 saturated heterocycles. The molecular formula is C12H14N4. The molecule has 0 N–H and O–H groups in total. The fraction of sp³-hybridized carbons (Fsp3) is 0.417. The molecule has 2 rings (SSSR count). The van der Waals surface area contributed by atoms with Gasteiger partial charge in [-0.05, 0) is 25.5 Å². The third-order valence-corrected chi connectivity index (χ3v) is 2.55. The van der Waals surface area contributed by atoms with Crippen LogP contribution in [0.1, 0.15) is 18.1 Å². The fourth-order valence-corrected chi connectivity index (χ4v) is 1.76. The van der Waals surface area contributed by atoms with Crippen LogP contribution in [0.3, 0.4) is 0 Å². The third kappa shape index (κ3) is 1.89. The number of aryl methyl sites for hydroxylation is 1. The summed E-state index contributed by atoms with van der Waals surface area (Å²) in [5.74, 6) is 0.781. The van der Waals surface area contributed by atoms with Crippen molar-refractivity contribution in [3.05, 3.63) is 23.4 Å². The van der Waals surface area contributed by atoms with Crippen molar-refractivity contribution in [1.29, 1.82) is 5.26 Å². The number of nitriles is 1. The molecular weight excluding hydrogens is 200 g/mol. The maximum atomic E-state index is 9.03. The maximum Gasteiger partial charge on any atom is 0.147 e. The summed E-state index contributed by atoms with van der Waals surface area (Å²) in [5, 5.41) is 9.03. The topological polar surface area (TPSA) is 52.3 Å². The molecule has 0 aliphatic carbocycles. The van der Waals surface area contributed by atoms with Gasteiger partial charge in [0.1, 0.15) is 11.9 Å². The minimum Gasteiger partial charge on any atom is -0.344 e. The van der Waals surface area contributed by atoms with Crippen molar-refractivity contribution in [2.24, 2.45) is 4.99 Å². The summed E-state index contributed by atoms with van der Waals surface area (Å²) in [5.41, 5.74) is 2.85. The Kier molecular flexibility index (Phi) is 2.86. The summed E-state index contributed by atoms with van der Waals surface area (Å²) < 4.78 is 0. The first-order valence-electron chi connectivity index (χ1n) is 5.38. The van der Waals surface area contributed by atoms with E-state index in [1.807, 2.05) is 19.9 Å². The Balaban J connectivity index is 2.18. The molecule has 0 aromatic carbocycles. The molecule has 0 unspecified atom stereocenters. The first-order valence-corrected chi connectivity index (χ1v) is 5.38. The number of rotatable bonds is 2. The first-order chi connectivity index (χ1) is 7.74. The van der Waals surface area contributed by atoms with Crippen molar-refractivity contribution in [1.82, 2.24) is 4.98 Å². The van der Waals surface area contributed by atoms with Crippen LogP contribution >= 0.6 is 0 Å². The highest BCUT2D eigenvalue weighted by molar-refractivity contribution is 5.99. The van der Waals surface area contributed by atoms with E-state index in [1.165, 1.54) is 5.71 Å². The van der Waals surface area contributed by atoms with Crippen LogP contribution in [0.2, 0.25) is 0 Å². The minimum absolute atomic E-state index is 0.649. The molecule has 1 aromatic rings. The predicted molar refractivity (Wildman–Crippen MR) is 63.9 cm³/mol. The molecule has 0 radical (unpaired) electrons. The van der Waals surface area contributed by atoms with Crippen LogP contribution in [-0.2, 0) is 0 Å². The van der Waals surface area contributed by atoms with E-state index in [2.05, 4.69) is 20.9 Å². The summed E-state index contributed by atoms with van der Waals surface area (Å²) in [6, 6.07) is 4.06. The molecule has 1 aromatic heterocycles.